The van der Waals surface area contributed by atoms with Crippen molar-refractivity contribution < 1.29 is 5.11 Å². The van der Waals surface area contributed by atoms with Gasteiger partial charge in [0.1, 0.15) is 0 Å². The summed E-state index contributed by atoms with van der Waals surface area (Å²) in [6.45, 7) is 3.83. The second-order valence-corrected chi connectivity index (χ2v) is 4.84. The highest BCUT2D eigenvalue weighted by atomic mass is 35.5. The SMILES string of the molecule is CC(C)[C@H](O)[C@H](N)c1cc(Cl)cc(Cl)c1. The molecule has 0 saturated carbocycles. The lowest BCUT2D eigenvalue weighted by Gasteiger charge is -2.22. The van der Waals surface area contributed by atoms with Crippen LogP contribution in [0.1, 0.15) is 25.5 Å². The number of aliphatic hydroxyl groups is 1. The van der Waals surface area contributed by atoms with Gasteiger partial charge < -0.3 is 10.8 Å². The Bertz CT molecular complexity index is 321. The molecule has 0 fully saturated rings. The molecule has 0 saturated heterocycles. The molecule has 2 nitrogen and oxygen atoms in total. The number of rotatable bonds is 3. The van der Waals surface area contributed by atoms with Gasteiger partial charge in [0.25, 0.3) is 0 Å². The standard InChI is InChI=1S/C11H15Cl2NO/c1-6(2)11(15)10(14)7-3-8(12)5-9(13)4-7/h3-6,10-11,15H,14H2,1-2H3/t10-,11+/m1/s1. The lowest BCUT2D eigenvalue weighted by molar-refractivity contribution is 0.0979. The molecule has 1 aromatic carbocycles. The number of benzene rings is 1. The highest BCUT2D eigenvalue weighted by Crippen LogP contribution is 2.26. The van der Waals surface area contributed by atoms with Crippen LogP contribution in [-0.2, 0) is 0 Å². The maximum atomic E-state index is 9.82. The highest BCUT2D eigenvalue weighted by Gasteiger charge is 2.20. The van der Waals surface area contributed by atoms with Crippen molar-refractivity contribution in [2.75, 3.05) is 0 Å². The molecule has 0 heterocycles. The Morgan fingerprint density at radius 3 is 2.00 bits per heavy atom. The summed E-state index contributed by atoms with van der Waals surface area (Å²) in [7, 11) is 0. The van der Waals surface area contributed by atoms with Crippen LogP contribution < -0.4 is 5.73 Å². The van der Waals surface area contributed by atoms with Crippen LogP contribution in [0.2, 0.25) is 10.0 Å². The van der Waals surface area contributed by atoms with Gasteiger partial charge in [0.15, 0.2) is 0 Å². The number of nitrogens with two attached hydrogens (primary N) is 1. The van der Waals surface area contributed by atoms with E-state index in [9.17, 15) is 5.11 Å². The summed E-state index contributed by atoms with van der Waals surface area (Å²) >= 11 is 11.7. The van der Waals surface area contributed by atoms with E-state index >= 15 is 0 Å². The van der Waals surface area contributed by atoms with Gasteiger partial charge in [-0.15, -0.1) is 0 Å². The fourth-order valence-electron chi connectivity index (χ4n) is 1.38. The van der Waals surface area contributed by atoms with Crippen molar-refractivity contribution in [1.29, 1.82) is 0 Å². The number of hydrogen-bond acceptors (Lipinski definition) is 2. The molecule has 0 spiro atoms. The minimum atomic E-state index is -0.598. The molecular formula is C11H15Cl2NO. The summed E-state index contributed by atoms with van der Waals surface area (Å²) < 4.78 is 0. The van der Waals surface area contributed by atoms with Gasteiger partial charge in [-0.25, -0.2) is 0 Å². The van der Waals surface area contributed by atoms with E-state index in [1.54, 1.807) is 18.2 Å². The third kappa shape index (κ3) is 3.35. The zero-order valence-electron chi connectivity index (χ0n) is 8.74. The van der Waals surface area contributed by atoms with Gasteiger partial charge in [-0.2, -0.15) is 0 Å². The minimum Gasteiger partial charge on any atom is -0.391 e. The molecule has 0 aromatic heterocycles. The summed E-state index contributed by atoms with van der Waals surface area (Å²) in [5, 5.41) is 10.9. The minimum absolute atomic E-state index is 0.0951. The van der Waals surface area contributed by atoms with E-state index in [-0.39, 0.29) is 5.92 Å². The van der Waals surface area contributed by atoms with Gasteiger partial charge in [-0.1, -0.05) is 37.0 Å². The van der Waals surface area contributed by atoms with Crippen molar-refractivity contribution in [2.45, 2.75) is 26.0 Å². The largest absolute Gasteiger partial charge is 0.391 e. The molecule has 15 heavy (non-hydrogen) atoms. The van der Waals surface area contributed by atoms with Crippen LogP contribution in [-0.4, -0.2) is 11.2 Å². The fourth-order valence-corrected chi connectivity index (χ4v) is 1.92. The molecule has 0 radical (unpaired) electrons. The number of aliphatic hydroxyl groups excluding tert-OH is 1. The summed E-state index contributed by atoms with van der Waals surface area (Å²) in [4.78, 5) is 0. The molecule has 3 N–H and O–H groups in total. The highest BCUT2D eigenvalue weighted by molar-refractivity contribution is 6.34. The Morgan fingerprint density at radius 2 is 1.60 bits per heavy atom. The maximum Gasteiger partial charge on any atom is 0.0755 e. The van der Waals surface area contributed by atoms with Crippen molar-refractivity contribution >= 4 is 23.2 Å². The summed E-state index contributed by atoms with van der Waals surface area (Å²) in [6.07, 6.45) is -0.598. The molecule has 1 rings (SSSR count). The van der Waals surface area contributed by atoms with Crippen LogP contribution in [0.5, 0.6) is 0 Å². The maximum absolute atomic E-state index is 9.82. The molecule has 0 bridgehead atoms. The normalized spacial score (nSPS) is 15.4. The second kappa shape index (κ2) is 5.17. The third-order valence-electron chi connectivity index (χ3n) is 2.32. The van der Waals surface area contributed by atoms with E-state index < -0.39 is 12.1 Å². The third-order valence-corrected chi connectivity index (χ3v) is 2.76. The Labute approximate surface area is 100.0 Å². The first-order valence-electron chi connectivity index (χ1n) is 4.81. The Balaban J connectivity index is 2.95. The first-order chi connectivity index (χ1) is 6.91. The van der Waals surface area contributed by atoms with E-state index in [0.717, 1.165) is 5.56 Å². The van der Waals surface area contributed by atoms with Gasteiger partial charge in [-0.05, 0) is 29.7 Å². The van der Waals surface area contributed by atoms with E-state index in [1.807, 2.05) is 13.8 Å². The van der Waals surface area contributed by atoms with Crippen LogP contribution in [0, 0.1) is 5.92 Å². The van der Waals surface area contributed by atoms with Crippen molar-refractivity contribution in [3.05, 3.63) is 33.8 Å². The van der Waals surface area contributed by atoms with Gasteiger partial charge in [0.2, 0.25) is 0 Å². The summed E-state index contributed by atoms with van der Waals surface area (Å²) in [6, 6.07) is 4.63. The van der Waals surface area contributed by atoms with Crippen molar-refractivity contribution in [3.8, 4) is 0 Å². The lowest BCUT2D eigenvalue weighted by atomic mass is 9.94. The zero-order valence-corrected chi connectivity index (χ0v) is 10.3. The lowest BCUT2D eigenvalue weighted by Crippen LogP contribution is -2.30. The average Bonchev–Trinajstić information content (AvgIpc) is 2.13. The van der Waals surface area contributed by atoms with Gasteiger partial charge in [0, 0.05) is 10.0 Å². The first kappa shape index (κ1) is 12.8. The van der Waals surface area contributed by atoms with Crippen LogP contribution >= 0.6 is 23.2 Å². The van der Waals surface area contributed by atoms with Crippen molar-refractivity contribution in [3.63, 3.8) is 0 Å². The Kier molecular flexibility index (Phi) is 4.41. The molecule has 0 amide bonds. The molecule has 0 aliphatic rings. The number of halogens is 2. The van der Waals surface area contributed by atoms with Crippen molar-refractivity contribution in [1.82, 2.24) is 0 Å². The molecule has 0 aliphatic carbocycles. The summed E-state index contributed by atoms with van der Waals surface area (Å²) in [5.41, 5.74) is 6.67. The predicted octanol–water partition coefficient (Wildman–Crippen LogP) is 3.01. The summed E-state index contributed by atoms with van der Waals surface area (Å²) in [5.74, 6) is 0.0951. The van der Waals surface area contributed by atoms with E-state index in [2.05, 4.69) is 0 Å². The molecule has 1 aromatic rings. The van der Waals surface area contributed by atoms with Gasteiger partial charge in [-0.3, -0.25) is 0 Å². The van der Waals surface area contributed by atoms with Gasteiger partial charge >= 0.3 is 0 Å². The molecular weight excluding hydrogens is 233 g/mol. The van der Waals surface area contributed by atoms with Crippen LogP contribution in [0.15, 0.2) is 18.2 Å². The first-order valence-corrected chi connectivity index (χ1v) is 5.57. The van der Waals surface area contributed by atoms with E-state index in [0.29, 0.717) is 10.0 Å². The molecule has 4 heteroatoms. The van der Waals surface area contributed by atoms with Crippen LogP contribution in [0.25, 0.3) is 0 Å². The monoisotopic (exact) mass is 247 g/mol. The topological polar surface area (TPSA) is 46.2 Å². The molecule has 84 valence electrons. The zero-order chi connectivity index (χ0) is 11.6. The quantitative estimate of drug-likeness (QED) is 0.863. The Morgan fingerprint density at radius 1 is 1.13 bits per heavy atom. The second-order valence-electron chi connectivity index (χ2n) is 3.96. The fraction of sp³-hybridized carbons (Fsp3) is 0.455. The predicted molar refractivity (Wildman–Crippen MR) is 64.2 cm³/mol. The van der Waals surface area contributed by atoms with E-state index in [4.69, 9.17) is 28.9 Å². The molecule has 2 atom stereocenters. The van der Waals surface area contributed by atoms with Gasteiger partial charge in [0.05, 0.1) is 12.1 Å². The Hall–Kier alpha value is -0.280. The van der Waals surface area contributed by atoms with Crippen molar-refractivity contribution in [2.24, 2.45) is 11.7 Å². The average molecular weight is 248 g/mol. The van der Waals surface area contributed by atoms with E-state index in [1.165, 1.54) is 0 Å². The smallest absolute Gasteiger partial charge is 0.0755 e. The van der Waals surface area contributed by atoms with Crippen LogP contribution in [0.3, 0.4) is 0 Å². The van der Waals surface area contributed by atoms with Crippen LogP contribution in [0.4, 0.5) is 0 Å². The molecule has 0 unspecified atom stereocenters. The number of hydrogen-bond donors (Lipinski definition) is 2. The molecule has 0 aliphatic heterocycles.